The molecule has 0 amide bonds. The van der Waals surface area contributed by atoms with E-state index in [4.69, 9.17) is 8.85 Å². The summed E-state index contributed by atoms with van der Waals surface area (Å²) in [4.78, 5) is 0. The molecule has 0 saturated heterocycles. The van der Waals surface area contributed by atoms with Crippen LogP contribution in [0.3, 0.4) is 0 Å². The quantitative estimate of drug-likeness (QED) is 0.681. The normalized spacial score (nSPS) is 37.1. The zero-order valence-corrected chi connectivity index (χ0v) is 13.5. The number of rotatable bonds is 6. The standard InChI is InChI=1S/C12H26O2Si2/c1-15(2,3)13-7-9-11-10(12(9)11)8-14-16(4,5)6/h9-12H,7-8H2,1-6H3. The molecule has 2 aliphatic carbocycles. The van der Waals surface area contributed by atoms with Crippen molar-refractivity contribution in [3.05, 3.63) is 0 Å². The lowest BCUT2D eigenvalue weighted by Crippen LogP contribution is -2.30. The van der Waals surface area contributed by atoms with Gasteiger partial charge in [0.25, 0.3) is 0 Å². The lowest BCUT2D eigenvalue weighted by molar-refractivity contribution is 0.206. The molecule has 4 heteroatoms. The molecule has 0 radical (unpaired) electrons. The molecule has 2 fully saturated rings. The van der Waals surface area contributed by atoms with Crippen LogP contribution in [0.4, 0.5) is 0 Å². The predicted octanol–water partition coefficient (Wildman–Crippen LogP) is 3.18. The van der Waals surface area contributed by atoms with Crippen molar-refractivity contribution in [2.24, 2.45) is 23.7 Å². The summed E-state index contributed by atoms with van der Waals surface area (Å²) in [7, 11) is -2.57. The molecule has 0 bridgehead atoms. The van der Waals surface area contributed by atoms with Gasteiger partial charge in [-0.1, -0.05) is 0 Å². The monoisotopic (exact) mass is 258 g/mol. The van der Waals surface area contributed by atoms with Gasteiger partial charge in [0.05, 0.1) is 0 Å². The molecule has 2 saturated carbocycles. The van der Waals surface area contributed by atoms with Gasteiger partial charge in [-0.2, -0.15) is 0 Å². The molecule has 0 N–H and O–H groups in total. The summed E-state index contributed by atoms with van der Waals surface area (Å²) in [5, 5.41) is 0. The van der Waals surface area contributed by atoms with Crippen LogP contribution in [0.15, 0.2) is 0 Å². The topological polar surface area (TPSA) is 18.5 Å². The highest BCUT2D eigenvalue weighted by Gasteiger charge is 2.72. The molecule has 2 nitrogen and oxygen atoms in total. The summed E-state index contributed by atoms with van der Waals surface area (Å²) < 4.78 is 11.9. The third-order valence-corrected chi connectivity index (χ3v) is 5.62. The van der Waals surface area contributed by atoms with Crippen LogP contribution < -0.4 is 0 Å². The summed E-state index contributed by atoms with van der Waals surface area (Å²) in [6.45, 7) is 15.7. The number of hydrogen-bond acceptors (Lipinski definition) is 2. The highest BCUT2D eigenvalue weighted by atomic mass is 28.4. The van der Waals surface area contributed by atoms with E-state index < -0.39 is 16.6 Å². The molecule has 0 aliphatic heterocycles. The smallest absolute Gasteiger partial charge is 0.183 e. The van der Waals surface area contributed by atoms with E-state index in [1.165, 1.54) is 0 Å². The van der Waals surface area contributed by atoms with Crippen LogP contribution in [0.5, 0.6) is 0 Å². The Kier molecular flexibility index (Phi) is 3.15. The van der Waals surface area contributed by atoms with Crippen molar-refractivity contribution in [2.75, 3.05) is 13.2 Å². The van der Waals surface area contributed by atoms with E-state index >= 15 is 0 Å². The van der Waals surface area contributed by atoms with Gasteiger partial charge in [-0.25, -0.2) is 0 Å². The zero-order valence-electron chi connectivity index (χ0n) is 11.5. The van der Waals surface area contributed by atoms with Crippen molar-refractivity contribution in [2.45, 2.75) is 39.3 Å². The molecule has 0 unspecified atom stereocenters. The first-order chi connectivity index (χ1) is 7.19. The highest BCUT2D eigenvalue weighted by Crippen LogP contribution is 2.73. The minimum atomic E-state index is -1.28. The van der Waals surface area contributed by atoms with Crippen LogP contribution in [0, 0.1) is 23.7 Å². The number of hydrogen-bond donors (Lipinski definition) is 0. The van der Waals surface area contributed by atoms with Crippen LogP contribution in [0.1, 0.15) is 0 Å². The predicted molar refractivity (Wildman–Crippen MR) is 72.6 cm³/mol. The van der Waals surface area contributed by atoms with E-state index in [1.54, 1.807) is 0 Å². The second-order valence-electron chi connectivity index (χ2n) is 7.33. The first-order valence-electron chi connectivity index (χ1n) is 6.47. The second kappa shape index (κ2) is 3.93. The van der Waals surface area contributed by atoms with Crippen LogP contribution in [-0.4, -0.2) is 29.8 Å². The fourth-order valence-electron chi connectivity index (χ4n) is 2.48. The average Bonchev–Trinajstić information content (AvgIpc) is 2.85. The summed E-state index contributed by atoms with van der Waals surface area (Å²) in [6.07, 6.45) is 0. The molecule has 0 heterocycles. The van der Waals surface area contributed by atoms with Crippen LogP contribution >= 0.6 is 0 Å². The maximum atomic E-state index is 5.95. The molecule has 0 aromatic heterocycles. The third kappa shape index (κ3) is 3.18. The van der Waals surface area contributed by atoms with Gasteiger partial charge in [0, 0.05) is 13.2 Å². The molecule has 0 atom stereocenters. The molecule has 0 aromatic rings. The summed E-state index contributed by atoms with van der Waals surface area (Å²) >= 11 is 0. The average molecular weight is 259 g/mol. The Balaban J connectivity index is 1.57. The van der Waals surface area contributed by atoms with Gasteiger partial charge in [0.2, 0.25) is 0 Å². The molecule has 94 valence electrons. The van der Waals surface area contributed by atoms with Crippen molar-refractivity contribution >= 4 is 16.6 Å². The fraction of sp³-hybridized carbons (Fsp3) is 1.00. The van der Waals surface area contributed by atoms with Crippen LogP contribution in [-0.2, 0) is 8.85 Å². The van der Waals surface area contributed by atoms with Crippen molar-refractivity contribution in [1.82, 2.24) is 0 Å². The van der Waals surface area contributed by atoms with E-state index in [-0.39, 0.29) is 0 Å². The second-order valence-corrected chi connectivity index (χ2v) is 16.4. The van der Waals surface area contributed by atoms with E-state index in [0.717, 1.165) is 36.9 Å². The van der Waals surface area contributed by atoms with E-state index in [9.17, 15) is 0 Å². The summed E-state index contributed by atoms with van der Waals surface area (Å²) in [6, 6.07) is 0. The molecule has 2 rings (SSSR count). The van der Waals surface area contributed by atoms with E-state index in [0.29, 0.717) is 0 Å². The SMILES string of the molecule is C[Si](C)(C)OCC1C2C(CO[Si](C)(C)C)C12. The van der Waals surface area contributed by atoms with Crippen molar-refractivity contribution in [3.63, 3.8) is 0 Å². The first kappa shape index (κ1) is 12.8. The Bertz CT molecular complexity index is 231. The molecule has 2 aliphatic rings. The van der Waals surface area contributed by atoms with Crippen molar-refractivity contribution in [1.29, 1.82) is 0 Å². The highest BCUT2D eigenvalue weighted by molar-refractivity contribution is 6.70. The van der Waals surface area contributed by atoms with Gasteiger partial charge in [0.1, 0.15) is 0 Å². The van der Waals surface area contributed by atoms with Gasteiger partial charge >= 0.3 is 0 Å². The Morgan fingerprint density at radius 3 is 1.25 bits per heavy atom. The lowest BCUT2D eigenvalue weighted by Gasteiger charge is -2.22. The lowest BCUT2D eigenvalue weighted by atomic mass is 10.1. The molecule has 0 spiro atoms. The summed E-state index contributed by atoms with van der Waals surface area (Å²) in [5.74, 6) is 3.71. The third-order valence-electron chi connectivity index (χ3n) is 3.56. The molecule has 16 heavy (non-hydrogen) atoms. The minimum Gasteiger partial charge on any atom is -0.417 e. The van der Waals surface area contributed by atoms with E-state index in [2.05, 4.69) is 39.3 Å². The van der Waals surface area contributed by atoms with Gasteiger partial charge in [0.15, 0.2) is 16.6 Å². The minimum absolute atomic E-state index is 0.891. The fourth-order valence-corrected chi connectivity index (χ4v) is 3.87. The Morgan fingerprint density at radius 2 is 1.00 bits per heavy atom. The van der Waals surface area contributed by atoms with Crippen LogP contribution in [0.25, 0.3) is 0 Å². The van der Waals surface area contributed by atoms with Crippen molar-refractivity contribution in [3.8, 4) is 0 Å². The molecular weight excluding hydrogens is 232 g/mol. The zero-order chi connectivity index (χ0) is 12.1. The molecule has 0 aromatic carbocycles. The Hall–Kier alpha value is 0.354. The first-order valence-corrected chi connectivity index (χ1v) is 13.3. The Labute approximate surface area is 102 Å². The maximum absolute atomic E-state index is 5.95. The molecular formula is C12H26O2Si2. The van der Waals surface area contributed by atoms with E-state index in [1.807, 2.05) is 0 Å². The summed E-state index contributed by atoms with van der Waals surface area (Å²) in [5.41, 5.74) is 0. The largest absolute Gasteiger partial charge is 0.417 e. The van der Waals surface area contributed by atoms with Crippen molar-refractivity contribution < 1.29 is 8.85 Å². The van der Waals surface area contributed by atoms with Crippen LogP contribution in [0.2, 0.25) is 39.3 Å². The van der Waals surface area contributed by atoms with Gasteiger partial charge < -0.3 is 8.85 Å². The van der Waals surface area contributed by atoms with Gasteiger partial charge in [-0.3, -0.25) is 0 Å². The maximum Gasteiger partial charge on any atom is 0.183 e. The number of fused-ring (bicyclic) bond motifs is 1. The Morgan fingerprint density at radius 1 is 0.688 bits per heavy atom. The van der Waals surface area contributed by atoms with Gasteiger partial charge in [-0.05, 0) is 63.0 Å². The van der Waals surface area contributed by atoms with Gasteiger partial charge in [-0.15, -0.1) is 0 Å².